The molecule has 6 nitrogen and oxygen atoms in total. The Bertz CT molecular complexity index is 667. The van der Waals surface area contributed by atoms with Crippen molar-refractivity contribution >= 4 is 34.3 Å². The van der Waals surface area contributed by atoms with E-state index in [4.69, 9.17) is 22.9 Å². The van der Waals surface area contributed by atoms with Gasteiger partial charge in [0, 0.05) is 22.7 Å². The summed E-state index contributed by atoms with van der Waals surface area (Å²) in [5.41, 5.74) is 24.4. The Morgan fingerprint density at radius 2 is 1.15 bits per heavy atom. The van der Waals surface area contributed by atoms with Crippen molar-refractivity contribution in [3.05, 3.63) is 46.5 Å². The number of rotatable bonds is 0. The molecule has 0 saturated carbocycles. The lowest BCUT2D eigenvalue weighted by molar-refractivity contribution is 0.0981. The first-order valence-electron chi connectivity index (χ1n) is 5.88. The maximum atomic E-state index is 12.6. The number of hydrogen-bond acceptors (Lipinski definition) is 6. The summed E-state index contributed by atoms with van der Waals surface area (Å²) in [4.78, 5) is 25.2. The fraction of sp³-hybridized carbons (Fsp3) is 0. The molecular formula is C14H12N4O2. The highest BCUT2D eigenvalue weighted by molar-refractivity contribution is 6.34. The standard InChI is InChI=1S/C14H12N4O2/c15-5-1-2-6(16)10-9(5)13(19)11-7(17)3-4-8(18)12(11)14(10)20/h1-4H,15-18H2/i1+2,2+2,5+2,6+2,9+2,10+2. The molecule has 0 saturated heterocycles. The van der Waals surface area contributed by atoms with Crippen molar-refractivity contribution in [2.45, 2.75) is 0 Å². The molecular weight excluding hydrogens is 268 g/mol. The largest absolute Gasteiger partial charge is 0.398 e. The molecule has 100 valence electrons. The molecule has 1 aliphatic carbocycles. The van der Waals surface area contributed by atoms with Crippen LogP contribution < -0.4 is 22.9 Å². The minimum Gasteiger partial charge on any atom is -0.398 e. The maximum Gasteiger partial charge on any atom is 0.198 e. The SMILES string of the molecule is Nc1ccc(N)c2c1C(=O)[14c]1[14c](N)[14cH][14cH][14c](N)[14c]1C2=O. The first-order chi connectivity index (χ1) is 9.43. The Balaban J connectivity index is 2.46. The number of nitrogen functional groups attached to an aromatic ring is 4. The molecule has 3 rings (SSSR count). The molecule has 2 aromatic rings. The Morgan fingerprint density at radius 3 is 1.50 bits per heavy atom. The van der Waals surface area contributed by atoms with Crippen molar-refractivity contribution in [3.8, 4) is 0 Å². The van der Waals surface area contributed by atoms with Crippen LogP contribution in [0.15, 0.2) is 24.3 Å². The van der Waals surface area contributed by atoms with E-state index < -0.39 is 11.6 Å². The van der Waals surface area contributed by atoms with Gasteiger partial charge in [0.1, 0.15) is 0 Å². The van der Waals surface area contributed by atoms with Gasteiger partial charge in [0.15, 0.2) is 11.6 Å². The molecule has 2 aromatic carbocycles. The van der Waals surface area contributed by atoms with Gasteiger partial charge in [-0.25, -0.2) is 0 Å². The summed E-state index contributed by atoms with van der Waals surface area (Å²) in [6, 6.07) is 5.97. The molecule has 0 radical (unpaired) electrons. The van der Waals surface area contributed by atoms with Gasteiger partial charge in [-0.05, 0) is 24.3 Å². The van der Waals surface area contributed by atoms with Gasteiger partial charge in [0.05, 0.1) is 22.3 Å². The molecule has 6 heteroatoms. The number of nitrogens with two attached hydrogens (primary N) is 4. The second-order valence-electron chi connectivity index (χ2n) is 4.65. The predicted octanol–water partition coefficient (Wildman–Crippen LogP) is 0.791. The van der Waals surface area contributed by atoms with E-state index in [2.05, 4.69) is 0 Å². The smallest absolute Gasteiger partial charge is 0.198 e. The summed E-state index contributed by atoms with van der Waals surface area (Å²) in [6.45, 7) is 0. The monoisotopic (exact) mass is 280 g/mol. The van der Waals surface area contributed by atoms with Crippen LogP contribution in [0.3, 0.4) is 0 Å². The first-order valence-corrected chi connectivity index (χ1v) is 5.88. The Hall–Kier alpha value is -3.02. The summed E-state index contributed by atoms with van der Waals surface area (Å²) in [6.07, 6.45) is 0. The summed E-state index contributed by atoms with van der Waals surface area (Å²) in [5.74, 6) is -0.853. The molecule has 1 aliphatic rings. The van der Waals surface area contributed by atoms with Crippen LogP contribution in [0.25, 0.3) is 0 Å². The van der Waals surface area contributed by atoms with Crippen LogP contribution in [0.5, 0.6) is 0 Å². The van der Waals surface area contributed by atoms with Crippen molar-refractivity contribution < 1.29 is 9.59 Å². The zero-order valence-electron chi connectivity index (χ0n) is 10.4. The van der Waals surface area contributed by atoms with Crippen molar-refractivity contribution in [2.24, 2.45) is 0 Å². The zero-order valence-corrected chi connectivity index (χ0v) is 10.4. The van der Waals surface area contributed by atoms with Crippen molar-refractivity contribution in [1.29, 1.82) is 0 Å². The van der Waals surface area contributed by atoms with Crippen LogP contribution in [0.2, 0.25) is 0 Å². The highest BCUT2D eigenvalue weighted by Gasteiger charge is 2.35. The van der Waals surface area contributed by atoms with Crippen LogP contribution in [-0.2, 0) is 0 Å². The zero-order chi connectivity index (χ0) is 14.6. The summed E-state index contributed by atoms with van der Waals surface area (Å²) in [5, 5.41) is 0. The quantitative estimate of drug-likeness (QED) is 0.449. The average Bonchev–Trinajstić information content (AvgIpc) is 2.41. The van der Waals surface area contributed by atoms with E-state index in [-0.39, 0.29) is 45.0 Å². The highest BCUT2D eigenvalue weighted by Crippen LogP contribution is 2.38. The lowest BCUT2D eigenvalue weighted by Crippen LogP contribution is -2.26. The third-order valence-electron chi connectivity index (χ3n) is 3.45. The Morgan fingerprint density at radius 1 is 0.800 bits per heavy atom. The van der Waals surface area contributed by atoms with E-state index in [1.165, 1.54) is 24.3 Å². The van der Waals surface area contributed by atoms with Gasteiger partial charge in [0.25, 0.3) is 0 Å². The molecule has 0 atom stereocenters. The number of carbonyl (C=O) groups excluding carboxylic acids is 2. The molecule has 0 heterocycles. The molecule has 0 bridgehead atoms. The number of fused-ring (bicyclic) bond motifs is 2. The normalized spacial score (nSPS) is 13.0. The average molecular weight is 280 g/mol. The minimum atomic E-state index is -0.427. The van der Waals surface area contributed by atoms with Crippen LogP contribution in [0.1, 0.15) is 31.8 Å². The topological polar surface area (TPSA) is 138 Å². The number of anilines is 4. The number of ketones is 2. The third-order valence-corrected chi connectivity index (χ3v) is 3.45. The van der Waals surface area contributed by atoms with Gasteiger partial charge in [-0.1, -0.05) is 0 Å². The molecule has 0 aliphatic heterocycles. The van der Waals surface area contributed by atoms with Crippen LogP contribution in [-0.4, -0.2) is 11.6 Å². The fourth-order valence-electron chi connectivity index (χ4n) is 2.50. The number of benzene rings is 2. The van der Waals surface area contributed by atoms with Gasteiger partial charge in [0.2, 0.25) is 0 Å². The van der Waals surface area contributed by atoms with Crippen molar-refractivity contribution in [1.82, 2.24) is 0 Å². The van der Waals surface area contributed by atoms with Gasteiger partial charge >= 0.3 is 0 Å². The second kappa shape index (κ2) is 3.74. The van der Waals surface area contributed by atoms with Crippen LogP contribution >= 0.6 is 0 Å². The van der Waals surface area contributed by atoms with E-state index in [1.54, 1.807) is 0 Å². The first kappa shape index (κ1) is 12.0. The van der Waals surface area contributed by atoms with Gasteiger partial charge in [-0.2, -0.15) is 0 Å². The molecule has 20 heavy (non-hydrogen) atoms. The van der Waals surface area contributed by atoms with E-state index in [1.807, 2.05) is 0 Å². The van der Waals surface area contributed by atoms with Crippen LogP contribution in [0.4, 0.5) is 22.7 Å². The predicted molar refractivity (Wildman–Crippen MR) is 77.4 cm³/mol. The van der Waals surface area contributed by atoms with Gasteiger partial charge in [-0.3, -0.25) is 9.59 Å². The number of carbonyl (C=O) groups is 2. The summed E-state index contributed by atoms with van der Waals surface area (Å²) >= 11 is 0. The lowest BCUT2D eigenvalue weighted by atomic mass is 10.0. The Labute approximate surface area is 114 Å². The van der Waals surface area contributed by atoms with E-state index in [9.17, 15) is 9.59 Å². The molecule has 0 aromatic heterocycles. The Kier molecular flexibility index (Phi) is 2.25. The minimum absolute atomic E-state index is 0.0970. The lowest BCUT2D eigenvalue weighted by Gasteiger charge is -2.22. The fourth-order valence-corrected chi connectivity index (χ4v) is 2.50. The second-order valence-corrected chi connectivity index (χ2v) is 4.65. The van der Waals surface area contributed by atoms with E-state index in [0.29, 0.717) is 0 Å². The third kappa shape index (κ3) is 1.33. The van der Waals surface area contributed by atoms with Crippen LogP contribution in [0, 0.1) is 0 Å². The molecule has 8 N–H and O–H groups in total. The summed E-state index contributed by atoms with van der Waals surface area (Å²) in [7, 11) is 0. The summed E-state index contributed by atoms with van der Waals surface area (Å²) < 4.78 is 0. The molecule has 0 spiro atoms. The highest BCUT2D eigenvalue weighted by atomic mass is 16.2. The van der Waals surface area contributed by atoms with Gasteiger partial charge < -0.3 is 22.9 Å². The number of hydrogen-bond donors (Lipinski definition) is 4. The maximum absolute atomic E-state index is 12.6. The van der Waals surface area contributed by atoms with E-state index in [0.717, 1.165) is 0 Å². The van der Waals surface area contributed by atoms with E-state index >= 15 is 0 Å². The van der Waals surface area contributed by atoms with Crippen molar-refractivity contribution in [2.75, 3.05) is 22.9 Å². The molecule has 0 fully saturated rings. The molecule has 0 amide bonds. The molecule has 0 unspecified atom stereocenters. The van der Waals surface area contributed by atoms with Gasteiger partial charge in [-0.15, -0.1) is 0 Å². The van der Waals surface area contributed by atoms with Crippen molar-refractivity contribution in [3.63, 3.8) is 0 Å².